The molecule has 90 valence electrons. The lowest BCUT2D eigenvalue weighted by molar-refractivity contribution is -0.135. The van der Waals surface area contributed by atoms with Crippen LogP contribution in [0.25, 0.3) is 0 Å². The predicted molar refractivity (Wildman–Crippen MR) is 63.5 cm³/mol. The highest BCUT2D eigenvalue weighted by Crippen LogP contribution is 2.45. The van der Waals surface area contributed by atoms with Crippen molar-refractivity contribution in [2.45, 2.75) is 53.5 Å². The summed E-state index contributed by atoms with van der Waals surface area (Å²) in [6.45, 7) is 10.3. The fourth-order valence-electron chi connectivity index (χ4n) is 2.01. The highest BCUT2D eigenvalue weighted by molar-refractivity contribution is 5.86. The first-order valence-electron chi connectivity index (χ1n) is 5.93. The van der Waals surface area contributed by atoms with Crippen LogP contribution in [0.2, 0.25) is 0 Å². The van der Waals surface area contributed by atoms with Crippen molar-refractivity contribution in [1.29, 1.82) is 5.26 Å². The van der Waals surface area contributed by atoms with Gasteiger partial charge in [-0.3, -0.25) is 4.79 Å². The molecule has 1 aliphatic rings. The van der Waals surface area contributed by atoms with Crippen LogP contribution in [-0.2, 0) is 4.79 Å². The summed E-state index contributed by atoms with van der Waals surface area (Å²) in [4.78, 5) is 12.0. The molecule has 0 bridgehead atoms. The van der Waals surface area contributed by atoms with Crippen LogP contribution in [0.15, 0.2) is 0 Å². The van der Waals surface area contributed by atoms with Crippen LogP contribution < -0.4 is 5.32 Å². The number of nitriles is 1. The Hall–Kier alpha value is -1.04. The molecule has 1 unspecified atom stereocenters. The summed E-state index contributed by atoms with van der Waals surface area (Å²) >= 11 is 0. The molecular formula is C13H22N2O. The lowest BCUT2D eigenvalue weighted by Gasteiger charge is -2.41. The van der Waals surface area contributed by atoms with Gasteiger partial charge < -0.3 is 5.32 Å². The molecule has 1 amide bonds. The van der Waals surface area contributed by atoms with E-state index in [9.17, 15) is 4.79 Å². The molecule has 3 nitrogen and oxygen atoms in total. The number of rotatable bonds is 2. The van der Waals surface area contributed by atoms with E-state index in [1.807, 2.05) is 6.92 Å². The van der Waals surface area contributed by atoms with Crippen molar-refractivity contribution in [3.63, 3.8) is 0 Å². The third-order valence-electron chi connectivity index (χ3n) is 3.69. The highest BCUT2D eigenvalue weighted by atomic mass is 16.2. The first-order valence-corrected chi connectivity index (χ1v) is 5.93. The van der Waals surface area contributed by atoms with Crippen molar-refractivity contribution in [2.75, 3.05) is 0 Å². The van der Waals surface area contributed by atoms with Gasteiger partial charge in [0.25, 0.3) is 0 Å². The summed E-state index contributed by atoms with van der Waals surface area (Å²) in [7, 11) is 0. The topological polar surface area (TPSA) is 52.9 Å². The number of amides is 1. The van der Waals surface area contributed by atoms with E-state index < -0.39 is 5.41 Å². The van der Waals surface area contributed by atoms with Crippen LogP contribution in [0.1, 0.15) is 47.5 Å². The normalized spacial score (nSPS) is 31.1. The van der Waals surface area contributed by atoms with E-state index in [2.05, 4.69) is 39.1 Å². The third-order valence-corrected chi connectivity index (χ3v) is 3.69. The zero-order chi connectivity index (χ0) is 12.6. The second-order valence-electron chi connectivity index (χ2n) is 6.27. The van der Waals surface area contributed by atoms with Crippen molar-refractivity contribution in [2.24, 2.45) is 16.7 Å². The number of nitrogens with zero attached hydrogens (tertiary/aromatic N) is 1. The van der Waals surface area contributed by atoms with Crippen molar-refractivity contribution < 1.29 is 4.79 Å². The van der Waals surface area contributed by atoms with Gasteiger partial charge in [-0.15, -0.1) is 0 Å². The van der Waals surface area contributed by atoms with Crippen LogP contribution in [0.4, 0.5) is 0 Å². The van der Waals surface area contributed by atoms with Gasteiger partial charge in [-0.05, 0) is 31.1 Å². The lowest BCUT2D eigenvalue weighted by atomic mass is 9.63. The van der Waals surface area contributed by atoms with Gasteiger partial charge in [0.2, 0.25) is 5.91 Å². The zero-order valence-electron chi connectivity index (χ0n) is 10.9. The van der Waals surface area contributed by atoms with Gasteiger partial charge in [-0.2, -0.15) is 5.26 Å². The van der Waals surface area contributed by atoms with Gasteiger partial charge in [0.05, 0.1) is 6.07 Å². The quantitative estimate of drug-likeness (QED) is 0.780. The molecule has 1 atom stereocenters. The Bertz CT molecular complexity index is 316. The fourth-order valence-corrected chi connectivity index (χ4v) is 2.01. The van der Waals surface area contributed by atoms with Crippen molar-refractivity contribution >= 4 is 5.91 Å². The van der Waals surface area contributed by atoms with Crippen molar-refractivity contribution in [3.8, 4) is 6.07 Å². The molecule has 1 fully saturated rings. The molecule has 0 radical (unpaired) electrons. The molecule has 3 heteroatoms. The largest absolute Gasteiger partial charge is 0.352 e. The fraction of sp³-hybridized carbons (Fsp3) is 0.846. The first-order chi connectivity index (χ1) is 7.21. The third kappa shape index (κ3) is 2.37. The Morgan fingerprint density at radius 2 is 2.00 bits per heavy atom. The molecule has 1 aliphatic carbocycles. The molecule has 0 spiro atoms. The van der Waals surface area contributed by atoms with Gasteiger partial charge in [0, 0.05) is 6.04 Å². The van der Waals surface area contributed by atoms with E-state index in [1.165, 1.54) is 0 Å². The minimum Gasteiger partial charge on any atom is -0.352 e. The molecule has 0 aromatic heterocycles. The van der Waals surface area contributed by atoms with Crippen molar-refractivity contribution in [1.82, 2.24) is 5.32 Å². The highest BCUT2D eigenvalue weighted by Gasteiger charge is 2.49. The smallest absolute Gasteiger partial charge is 0.240 e. The summed E-state index contributed by atoms with van der Waals surface area (Å²) in [6.07, 6.45) is 1.40. The Labute approximate surface area is 98.2 Å². The minimum atomic E-state index is -0.751. The monoisotopic (exact) mass is 222 g/mol. The van der Waals surface area contributed by atoms with Gasteiger partial charge in [0.15, 0.2) is 0 Å². The van der Waals surface area contributed by atoms with Gasteiger partial charge in [-0.25, -0.2) is 0 Å². The molecule has 1 saturated carbocycles. The predicted octanol–water partition coefficient (Wildman–Crippen LogP) is 2.48. The van der Waals surface area contributed by atoms with Gasteiger partial charge in [-0.1, -0.05) is 27.7 Å². The second kappa shape index (κ2) is 4.08. The van der Waals surface area contributed by atoms with Crippen LogP contribution in [0.3, 0.4) is 0 Å². The Kier molecular flexibility index (Phi) is 3.33. The Morgan fingerprint density at radius 3 is 2.31 bits per heavy atom. The SMILES string of the molecule is CC1CC(C#N)(C(=O)NC(C)C(C)(C)C)C1. The van der Waals surface area contributed by atoms with E-state index >= 15 is 0 Å². The first kappa shape index (κ1) is 13.0. The van der Waals surface area contributed by atoms with E-state index in [0.29, 0.717) is 18.8 Å². The van der Waals surface area contributed by atoms with Crippen LogP contribution in [0.5, 0.6) is 0 Å². The molecule has 1 N–H and O–H groups in total. The van der Waals surface area contributed by atoms with E-state index in [4.69, 9.17) is 5.26 Å². The summed E-state index contributed by atoms with van der Waals surface area (Å²) in [5.41, 5.74) is -0.722. The van der Waals surface area contributed by atoms with Gasteiger partial charge in [0.1, 0.15) is 5.41 Å². The zero-order valence-corrected chi connectivity index (χ0v) is 10.9. The maximum absolute atomic E-state index is 12.0. The summed E-state index contributed by atoms with van der Waals surface area (Å²) in [5.74, 6) is 0.408. The van der Waals surface area contributed by atoms with Crippen molar-refractivity contribution in [3.05, 3.63) is 0 Å². The van der Waals surface area contributed by atoms with Crippen LogP contribution >= 0.6 is 0 Å². The molecule has 0 heterocycles. The average molecular weight is 222 g/mol. The number of hydrogen-bond acceptors (Lipinski definition) is 2. The maximum Gasteiger partial charge on any atom is 0.240 e. The number of hydrogen-bond donors (Lipinski definition) is 1. The average Bonchev–Trinajstić information content (AvgIpc) is 2.10. The summed E-state index contributed by atoms with van der Waals surface area (Å²) in [6, 6.07) is 2.27. The van der Waals surface area contributed by atoms with E-state index in [1.54, 1.807) is 0 Å². The minimum absolute atomic E-state index is 0.0294. The number of nitrogens with one attached hydrogen (secondary N) is 1. The van der Waals surface area contributed by atoms with E-state index in [0.717, 1.165) is 0 Å². The summed E-state index contributed by atoms with van der Waals surface area (Å²) in [5, 5.41) is 12.1. The number of carbonyl (C=O) groups excluding carboxylic acids is 1. The number of carbonyl (C=O) groups is 1. The van der Waals surface area contributed by atoms with Crippen LogP contribution in [-0.4, -0.2) is 11.9 Å². The lowest BCUT2D eigenvalue weighted by Crippen LogP contribution is -2.52. The maximum atomic E-state index is 12.0. The van der Waals surface area contributed by atoms with Crippen LogP contribution in [0, 0.1) is 28.1 Å². The molecule has 0 aromatic rings. The Balaban J connectivity index is 2.63. The van der Waals surface area contributed by atoms with E-state index in [-0.39, 0.29) is 17.4 Å². The summed E-state index contributed by atoms with van der Waals surface area (Å²) < 4.78 is 0. The molecule has 16 heavy (non-hydrogen) atoms. The molecular weight excluding hydrogens is 200 g/mol. The Morgan fingerprint density at radius 1 is 1.50 bits per heavy atom. The standard InChI is InChI=1S/C13H22N2O/c1-9-6-13(7-9,8-14)11(16)15-10(2)12(3,4)5/h9-10H,6-7H2,1-5H3,(H,15,16). The molecule has 0 saturated heterocycles. The molecule has 0 aromatic carbocycles. The molecule has 0 aliphatic heterocycles. The van der Waals surface area contributed by atoms with Gasteiger partial charge >= 0.3 is 0 Å². The molecule has 1 rings (SSSR count). The second-order valence-corrected chi connectivity index (χ2v) is 6.27.